The normalized spacial score (nSPS) is 11.0. The average Bonchev–Trinajstić information content (AvgIpc) is 1.98. The molecule has 0 N–H and O–H groups in total. The molecule has 0 aliphatic rings. The second-order valence-electron chi connectivity index (χ2n) is 1.92. The molecule has 0 unspecified atom stereocenters. The zero-order valence-corrected chi connectivity index (χ0v) is 7.44. The van der Waals surface area contributed by atoms with Gasteiger partial charge in [0, 0.05) is 5.03 Å². The Morgan fingerprint density at radius 3 is 2.55 bits per heavy atom. The molecule has 0 bridgehead atoms. The van der Waals surface area contributed by atoms with E-state index in [9.17, 15) is 4.79 Å². The molecule has 0 amide bonds. The largest absolute Gasteiger partial charge is 0.465 e. The lowest BCUT2D eigenvalue weighted by molar-refractivity contribution is -0.135. The number of methoxy groups -OCH3 is 1. The summed E-state index contributed by atoms with van der Waals surface area (Å²) in [6.07, 6.45) is 2.41. The van der Waals surface area contributed by atoms with E-state index in [2.05, 4.69) is 11.3 Å². The highest BCUT2D eigenvalue weighted by atomic mass is 35.5. The molecule has 11 heavy (non-hydrogen) atoms. The molecule has 62 valence electrons. The van der Waals surface area contributed by atoms with Crippen LogP contribution in [0.2, 0.25) is 0 Å². The summed E-state index contributed by atoms with van der Waals surface area (Å²) in [6.45, 7) is 5.34. The molecule has 0 aromatic rings. The molecule has 0 saturated carbocycles. The van der Waals surface area contributed by atoms with Crippen molar-refractivity contribution >= 4 is 17.6 Å². The summed E-state index contributed by atoms with van der Waals surface area (Å²) in [7, 11) is 1.31. The number of carbonyl (C=O) groups is 1. The first-order chi connectivity index (χ1) is 5.13. The summed E-state index contributed by atoms with van der Waals surface area (Å²) in [5.41, 5.74) is 0.344. The first kappa shape index (κ1) is 10.2. The van der Waals surface area contributed by atoms with Crippen LogP contribution in [0.15, 0.2) is 23.3 Å². The molecule has 0 atom stereocenters. The van der Waals surface area contributed by atoms with Crippen LogP contribution in [-0.2, 0) is 9.53 Å². The van der Waals surface area contributed by atoms with E-state index < -0.39 is 5.97 Å². The standard InChI is InChI=1S/C8H11ClO2/c1-4-5-7(6(2)9)8(10)11-3/h5H,2,4H2,1,3H3/b7-5+. The van der Waals surface area contributed by atoms with Gasteiger partial charge in [-0.3, -0.25) is 0 Å². The third-order valence-electron chi connectivity index (χ3n) is 1.11. The number of hydrogen-bond donors (Lipinski definition) is 0. The quantitative estimate of drug-likeness (QED) is 0.373. The minimum absolute atomic E-state index is 0.221. The maximum Gasteiger partial charge on any atom is 0.339 e. The van der Waals surface area contributed by atoms with Crippen molar-refractivity contribution in [3.8, 4) is 0 Å². The highest BCUT2D eigenvalue weighted by molar-refractivity contribution is 6.34. The smallest absolute Gasteiger partial charge is 0.339 e. The fraction of sp³-hybridized carbons (Fsp3) is 0.375. The lowest BCUT2D eigenvalue weighted by Gasteiger charge is -2.00. The number of allylic oxidation sites excluding steroid dienone is 1. The molecular weight excluding hydrogens is 164 g/mol. The van der Waals surface area contributed by atoms with E-state index in [1.807, 2.05) is 6.92 Å². The van der Waals surface area contributed by atoms with Crippen molar-refractivity contribution in [3.63, 3.8) is 0 Å². The minimum atomic E-state index is -0.438. The Bertz CT molecular complexity index is 194. The fourth-order valence-electron chi connectivity index (χ4n) is 0.619. The number of esters is 1. The Hall–Kier alpha value is -0.760. The van der Waals surface area contributed by atoms with E-state index >= 15 is 0 Å². The van der Waals surface area contributed by atoms with Gasteiger partial charge in [0.1, 0.15) is 0 Å². The summed E-state index contributed by atoms with van der Waals surface area (Å²) >= 11 is 5.53. The van der Waals surface area contributed by atoms with Crippen molar-refractivity contribution in [2.75, 3.05) is 7.11 Å². The second kappa shape index (κ2) is 4.97. The van der Waals surface area contributed by atoms with Crippen molar-refractivity contribution in [2.24, 2.45) is 0 Å². The van der Waals surface area contributed by atoms with Gasteiger partial charge < -0.3 is 4.74 Å². The lowest BCUT2D eigenvalue weighted by Crippen LogP contribution is -2.04. The van der Waals surface area contributed by atoms with Gasteiger partial charge in [-0.15, -0.1) is 0 Å². The summed E-state index contributed by atoms with van der Waals surface area (Å²) < 4.78 is 4.47. The van der Waals surface area contributed by atoms with Gasteiger partial charge >= 0.3 is 5.97 Å². The first-order valence-corrected chi connectivity index (χ1v) is 3.64. The molecule has 0 aliphatic carbocycles. The van der Waals surface area contributed by atoms with E-state index in [1.165, 1.54) is 7.11 Å². The number of ether oxygens (including phenoxy) is 1. The Morgan fingerprint density at radius 1 is 1.73 bits per heavy atom. The Kier molecular flexibility index (Phi) is 4.62. The monoisotopic (exact) mass is 174 g/mol. The van der Waals surface area contributed by atoms with Crippen LogP contribution in [0, 0.1) is 0 Å². The number of rotatable bonds is 3. The maximum atomic E-state index is 10.9. The number of halogens is 1. The summed E-state index contributed by atoms with van der Waals surface area (Å²) in [5, 5.41) is 0.221. The first-order valence-electron chi connectivity index (χ1n) is 3.26. The predicted molar refractivity (Wildman–Crippen MR) is 45.4 cm³/mol. The van der Waals surface area contributed by atoms with Crippen molar-refractivity contribution in [1.29, 1.82) is 0 Å². The molecule has 0 spiro atoms. The van der Waals surface area contributed by atoms with E-state index in [0.29, 0.717) is 5.57 Å². The zero-order valence-electron chi connectivity index (χ0n) is 6.69. The van der Waals surface area contributed by atoms with Gasteiger partial charge in [0.25, 0.3) is 0 Å². The zero-order chi connectivity index (χ0) is 8.85. The van der Waals surface area contributed by atoms with Crippen LogP contribution < -0.4 is 0 Å². The van der Waals surface area contributed by atoms with Gasteiger partial charge in [-0.25, -0.2) is 4.79 Å². The fourth-order valence-corrected chi connectivity index (χ4v) is 0.773. The van der Waals surface area contributed by atoms with Crippen LogP contribution in [0.5, 0.6) is 0 Å². The molecule has 0 rings (SSSR count). The maximum absolute atomic E-state index is 10.9. The van der Waals surface area contributed by atoms with Gasteiger partial charge in [0.2, 0.25) is 0 Å². The Balaban J connectivity index is 4.48. The van der Waals surface area contributed by atoms with Crippen LogP contribution >= 0.6 is 11.6 Å². The van der Waals surface area contributed by atoms with Gasteiger partial charge in [0.05, 0.1) is 12.7 Å². The third kappa shape index (κ3) is 3.23. The molecule has 0 aromatic heterocycles. The second-order valence-corrected chi connectivity index (χ2v) is 2.38. The Labute approximate surface area is 71.5 Å². The Morgan fingerprint density at radius 2 is 2.27 bits per heavy atom. The summed E-state index contributed by atoms with van der Waals surface area (Å²) in [4.78, 5) is 10.9. The van der Waals surface area contributed by atoms with E-state index in [4.69, 9.17) is 11.6 Å². The van der Waals surface area contributed by atoms with Gasteiger partial charge in [0.15, 0.2) is 0 Å². The molecule has 0 heterocycles. The van der Waals surface area contributed by atoms with Crippen LogP contribution in [0.25, 0.3) is 0 Å². The topological polar surface area (TPSA) is 26.3 Å². The molecule has 3 heteroatoms. The third-order valence-corrected chi connectivity index (χ3v) is 1.31. The van der Waals surface area contributed by atoms with Crippen molar-refractivity contribution in [2.45, 2.75) is 13.3 Å². The van der Waals surface area contributed by atoms with Gasteiger partial charge in [-0.2, -0.15) is 0 Å². The highest BCUT2D eigenvalue weighted by Crippen LogP contribution is 2.13. The van der Waals surface area contributed by atoms with E-state index in [-0.39, 0.29) is 5.03 Å². The van der Waals surface area contributed by atoms with E-state index in [1.54, 1.807) is 6.08 Å². The summed E-state index contributed by atoms with van der Waals surface area (Å²) in [6, 6.07) is 0. The lowest BCUT2D eigenvalue weighted by atomic mass is 10.2. The SMILES string of the molecule is C=C(Cl)/C(=C\CC)C(=O)OC. The molecule has 0 aliphatic heterocycles. The number of carbonyl (C=O) groups excluding carboxylic acids is 1. The molecule has 0 fully saturated rings. The molecule has 0 saturated heterocycles. The van der Waals surface area contributed by atoms with Gasteiger partial charge in [-0.1, -0.05) is 31.2 Å². The summed E-state index contributed by atoms with van der Waals surface area (Å²) in [5.74, 6) is -0.438. The predicted octanol–water partition coefficient (Wildman–Crippen LogP) is 2.25. The number of hydrogen-bond acceptors (Lipinski definition) is 2. The molecule has 0 radical (unpaired) electrons. The molecule has 0 aromatic carbocycles. The van der Waals surface area contributed by atoms with Crippen LogP contribution in [0.1, 0.15) is 13.3 Å². The van der Waals surface area contributed by atoms with E-state index in [0.717, 1.165) is 6.42 Å². The van der Waals surface area contributed by atoms with Crippen LogP contribution in [-0.4, -0.2) is 13.1 Å². The highest BCUT2D eigenvalue weighted by Gasteiger charge is 2.09. The van der Waals surface area contributed by atoms with Crippen molar-refractivity contribution < 1.29 is 9.53 Å². The average molecular weight is 175 g/mol. The minimum Gasteiger partial charge on any atom is -0.465 e. The van der Waals surface area contributed by atoms with Crippen LogP contribution in [0.3, 0.4) is 0 Å². The van der Waals surface area contributed by atoms with Crippen molar-refractivity contribution in [1.82, 2.24) is 0 Å². The molecule has 2 nitrogen and oxygen atoms in total. The van der Waals surface area contributed by atoms with Gasteiger partial charge in [-0.05, 0) is 6.42 Å². The van der Waals surface area contributed by atoms with Crippen LogP contribution in [0.4, 0.5) is 0 Å². The molecular formula is C8H11ClO2. The van der Waals surface area contributed by atoms with Crippen molar-refractivity contribution in [3.05, 3.63) is 23.3 Å².